The Hall–Kier alpha value is -3.22. The summed E-state index contributed by atoms with van der Waals surface area (Å²) >= 11 is 0. The van der Waals surface area contributed by atoms with E-state index in [-0.39, 0.29) is 30.2 Å². The number of likely N-dealkylation sites (tertiary alicyclic amines) is 1. The smallest absolute Gasteiger partial charge is 0.228 e. The molecule has 0 unspecified atom stereocenters. The van der Waals surface area contributed by atoms with Crippen molar-refractivity contribution < 1.29 is 23.8 Å². The Kier molecular flexibility index (Phi) is 6.02. The van der Waals surface area contributed by atoms with Crippen LogP contribution in [0.1, 0.15) is 30.9 Å². The van der Waals surface area contributed by atoms with Crippen LogP contribution >= 0.6 is 0 Å². The van der Waals surface area contributed by atoms with Gasteiger partial charge in [-0.1, -0.05) is 6.07 Å². The third kappa shape index (κ3) is 4.04. The molecule has 0 aromatic heterocycles. The first-order valence-corrected chi connectivity index (χ1v) is 10.5. The van der Waals surface area contributed by atoms with Crippen molar-refractivity contribution >= 4 is 17.5 Å². The molecule has 2 atom stereocenters. The number of amides is 2. The summed E-state index contributed by atoms with van der Waals surface area (Å²) in [6, 6.07) is 13.1. The summed E-state index contributed by atoms with van der Waals surface area (Å²) in [7, 11) is 4.82. The van der Waals surface area contributed by atoms with Crippen molar-refractivity contribution in [1.82, 2.24) is 4.90 Å². The molecule has 2 aliphatic heterocycles. The van der Waals surface area contributed by atoms with Crippen LogP contribution in [0.25, 0.3) is 0 Å². The van der Waals surface area contributed by atoms with Gasteiger partial charge in [0.15, 0.2) is 11.5 Å². The van der Waals surface area contributed by atoms with Gasteiger partial charge in [0.1, 0.15) is 5.75 Å². The number of hydrogen-bond acceptors (Lipinski definition) is 5. The molecule has 0 aliphatic carbocycles. The van der Waals surface area contributed by atoms with E-state index in [1.807, 2.05) is 47.4 Å². The van der Waals surface area contributed by atoms with E-state index >= 15 is 0 Å². The minimum Gasteiger partial charge on any atom is -0.497 e. The predicted molar refractivity (Wildman–Crippen MR) is 117 cm³/mol. The summed E-state index contributed by atoms with van der Waals surface area (Å²) in [5.74, 6) is 1.74. The third-order valence-electron chi connectivity index (χ3n) is 6.19. The summed E-state index contributed by atoms with van der Waals surface area (Å²) in [5, 5.41) is 0. The summed E-state index contributed by atoms with van der Waals surface area (Å²) in [6.45, 7) is 1.10. The summed E-state index contributed by atoms with van der Waals surface area (Å²) in [5.41, 5.74) is 1.82. The quantitative estimate of drug-likeness (QED) is 0.711. The lowest BCUT2D eigenvalue weighted by molar-refractivity contribution is -0.136. The Morgan fingerprint density at radius 2 is 1.71 bits per heavy atom. The number of ether oxygens (including phenoxy) is 3. The number of benzene rings is 2. The zero-order chi connectivity index (χ0) is 22.0. The molecule has 0 bridgehead atoms. The Bertz CT molecular complexity index is 959. The van der Waals surface area contributed by atoms with Crippen molar-refractivity contribution in [3.8, 4) is 17.2 Å². The first-order valence-electron chi connectivity index (χ1n) is 10.5. The van der Waals surface area contributed by atoms with Crippen molar-refractivity contribution in [3.05, 3.63) is 48.0 Å². The minimum absolute atomic E-state index is 0.0163. The van der Waals surface area contributed by atoms with Crippen molar-refractivity contribution in [2.45, 2.75) is 25.3 Å². The Balaban J connectivity index is 1.50. The van der Waals surface area contributed by atoms with Gasteiger partial charge < -0.3 is 24.0 Å². The fourth-order valence-electron chi connectivity index (χ4n) is 4.56. The van der Waals surface area contributed by atoms with Crippen LogP contribution in [0.2, 0.25) is 0 Å². The van der Waals surface area contributed by atoms with E-state index in [9.17, 15) is 9.59 Å². The van der Waals surface area contributed by atoms with Gasteiger partial charge >= 0.3 is 0 Å². The number of carbonyl (C=O) groups is 2. The van der Waals surface area contributed by atoms with Gasteiger partial charge in [0.2, 0.25) is 11.8 Å². The summed E-state index contributed by atoms with van der Waals surface area (Å²) < 4.78 is 16.0. The summed E-state index contributed by atoms with van der Waals surface area (Å²) in [4.78, 5) is 29.7. The zero-order valence-electron chi connectivity index (χ0n) is 18.2. The highest BCUT2D eigenvalue weighted by Crippen LogP contribution is 2.38. The molecule has 2 saturated heterocycles. The number of methoxy groups -OCH3 is 3. The van der Waals surface area contributed by atoms with Crippen molar-refractivity contribution in [2.24, 2.45) is 5.92 Å². The van der Waals surface area contributed by atoms with Crippen LogP contribution in [-0.4, -0.2) is 51.1 Å². The van der Waals surface area contributed by atoms with Crippen molar-refractivity contribution in [2.75, 3.05) is 39.3 Å². The maximum absolute atomic E-state index is 13.4. The lowest BCUT2D eigenvalue weighted by Gasteiger charge is -2.28. The van der Waals surface area contributed by atoms with Gasteiger partial charge in [0.05, 0.1) is 33.3 Å². The van der Waals surface area contributed by atoms with Gasteiger partial charge in [0.25, 0.3) is 0 Å². The van der Waals surface area contributed by atoms with Crippen LogP contribution in [0.3, 0.4) is 0 Å². The predicted octanol–water partition coefficient (Wildman–Crippen LogP) is 3.43. The van der Waals surface area contributed by atoms with E-state index in [0.717, 1.165) is 29.8 Å². The van der Waals surface area contributed by atoms with Crippen LogP contribution in [0.15, 0.2) is 42.5 Å². The second-order valence-corrected chi connectivity index (χ2v) is 7.91. The van der Waals surface area contributed by atoms with Crippen molar-refractivity contribution in [1.29, 1.82) is 0 Å². The molecule has 2 amide bonds. The van der Waals surface area contributed by atoms with E-state index < -0.39 is 0 Å². The van der Waals surface area contributed by atoms with Crippen molar-refractivity contribution in [3.63, 3.8) is 0 Å². The van der Waals surface area contributed by atoms with Gasteiger partial charge in [-0.25, -0.2) is 0 Å². The number of rotatable bonds is 6. The van der Waals surface area contributed by atoms with Gasteiger partial charge in [0, 0.05) is 25.2 Å². The zero-order valence-corrected chi connectivity index (χ0v) is 18.2. The average molecular weight is 424 g/mol. The minimum atomic E-state index is -0.338. The van der Waals surface area contributed by atoms with Crippen LogP contribution in [-0.2, 0) is 9.59 Å². The van der Waals surface area contributed by atoms with Crippen LogP contribution in [0.5, 0.6) is 17.2 Å². The molecule has 0 spiro atoms. The average Bonchev–Trinajstić information content (AvgIpc) is 3.45. The van der Waals surface area contributed by atoms with E-state index in [1.54, 1.807) is 26.2 Å². The molecular weight excluding hydrogens is 396 g/mol. The highest BCUT2D eigenvalue weighted by atomic mass is 16.5. The molecule has 2 aromatic rings. The van der Waals surface area contributed by atoms with E-state index in [0.29, 0.717) is 24.6 Å². The highest BCUT2D eigenvalue weighted by molar-refractivity contribution is 6.00. The molecule has 0 radical (unpaired) electrons. The van der Waals surface area contributed by atoms with Crippen LogP contribution < -0.4 is 19.1 Å². The normalized spacial score (nSPS) is 20.8. The molecule has 31 heavy (non-hydrogen) atoms. The lowest BCUT2D eigenvalue weighted by atomic mass is 10.0. The maximum Gasteiger partial charge on any atom is 0.228 e. The van der Waals surface area contributed by atoms with E-state index in [1.165, 1.54) is 0 Å². The molecule has 0 N–H and O–H groups in total. The topological polar surface area (TPSA) is 68.3 Å². The largest absolute Gasteiger partial charge is 0.497 e. The molecular formula is C24H28N2O5. The monoisotopic (exact) mass is 424 g/mol. The second kappa shape index (κ2) is 8.88. The molecule has 2 fully saturated rings. The maximum atomic E-state index is 13.4. The molecule has 164 valence electrons. The highest BCUT2D eigenvalue weighted by Gasteiger charge is 2.40. The molecule has 0 saturated carbocycles. The van der Waals surface area contributed by atoms with Gasteiger partial charge in [-0.05, 0) is 54.8 Å². The summed E-state index contributed by atoms with van der Waals surface area (Å²) in [6.07, 6.45) is 2.07. The van der Waals surface area contributed by atoms with Crippen LogP contribution in [0.4, 0.5) is 5.69 Å². The molecule has 4 rings (SSSR count). The van der Waals surface area contributed by atoms with Gasteiger partial charge in [-0.3, -0.25) is 9.59 Å². The van der Waals surface area contributed by atoms with E-state index in [2.05, 4.69) is 0 Å². The second-order valence-electron chi connectivity index (χ2n) is 7.91. The number of hydrogen-bond donors (Lipinski definition) is 0. The fourth-order valence-corrected chi connectivity index (χ4v) is 4.56. The first kappa shape index (κ1) is 21.0. The first-order chi connectivity index (χ1) is 15.0. The van der Waals surface area contributed by atoms with Gasteiger partial charge in [-0.2, -0.15) is 0 Å². The molecule has 2 heterocycles. The Labute approximate surface area is 182 Å². The standard InChI is InChI=1S/C24H28N2O5/c1-29-19-9-7-18(8-10-19)26-15-17(14-23(26)27)24(28)25-12-4-5-20(25)16-6-11-21(30-2)22(13-16)31-3/h6-11,13,17,20H,4-5,12,14-15H2,1-3H3/t17-,20+/m0/s1. The molecule has 2 aromatic carbocycles. The third-order valence-corrected chi connectivity index (χ3v) is 6.19. The molecule has 7 nitrogen and oxygen atoms in total. The Morgan fingerprint density at radius 1 is 0.968 bits per heavy atom. The fraction of sp³-hybridized carbons (Fsp3) is 0.417. The number of carbonyl (C=O) groups excluding carboxylic acids is 2. The SMILES string of the molecule is COc1ccc(N2C[C@@H](C(=O)N3CCC[C@@H]3c3ccc(OC)c(OC)c3)CC2=O)cc1. The molecule has 7 heteroatoms. The van der Waals surface area contributed by atoms with Crippen LogP contribution in [0, 0.1) is 5.92 Å². The number of anilines is 1. The molecule has 2 aliphatic rings. The Morgan fingerprint density at radius 3 is 2.39 bits per heavy atom. The van der Waals surface area contributed by atoms with Gasteiger partial charge in [-0.15, -0.1) is 0 Å². The van der Waals surface area contributed by atoms with E-state index in [4.69, 9.17) is 14.2 Å². The lowest BCUT2D eigenvalue weighted by Crippen LogP contribution is -2.37. The number of nitrogens with zero attached hydrogens (tertiary/aromatic N) is 2.